The zero-order valence-electron chi connectivity index (χ0n) is 8.62. The summed E-state index contributed by atoms with van der Waals surface area (Å²) < 4.78 is 5.11. The lowest BCUT2D eigenvalue weighted by Crippen LogP contribution is -2.37. The van der Waals surface area contributed by atoms with Crippen LogP contribution in [-0.2, 0) is 24.2 Å². The van der Waals surface area contributed by atoms with E-state index in [1.54, 1.807) is 0 Å². The predicted molar refractivity (Wildman–Crippen MR) is 52.1 cm³/mol. The Bertz CT molecular complexity index is 359. The van der Waals surface area contributed by atoms with Gasteiger partial charge >= 0.3 is 0 Å². The molecule has 1 unspecified atom stereocenters. The number of nitrogens with zero attached hydrogens (tertiary/aromatic N) is 1. The Labute approximate surface area is 87.5 Å². The molecular weight excluding hydrogens is 196 g/mol. The molecule has 0 saturated heterocycles. The second-order valence-electron chi connectivity index (χ2n) is 3.83. The van der Waals surface area contributed by atoms with Crippen LogP contribution < -0.4 is 5.32 Å². The van der Waals surface area contributed by atoms with E-state index in [1.165, 1.54) is 6.92 Å². The lowest BCUT2D eigenvalue weighted by atomic mass is 9.92. The molecule has 2 rings (SSSR count). The minimum atomic E-state index is -0.106. The van der Waals surface area contributed by atoms with E-state index >= 15 is 0 Å². The Morgan fingerprint density at radius 3 is 3.20 bits per heavy atom. The molecule has 82 valence electrons. The molecule has 1 heterocycles. The number of rotatable bonds is 2. The number of fused-ring (bicyclic) bond motifs is 1. The van der Waals surface area contributed by atoms with Crippen molar-refractivity contribution in [3.8, 4) is 0 Å². The van der Waals surface area contributed by atoms with Crippen molar-refractivity contribution in [2.45, 2.75) is 38.8 Å². The molecule has 5 heteroatoms. The van der Waals surface area contributed by atoms with Gasteiger partial charge in [-0.15, -0.1) is 0 Å². The number of carbonyl (C=O) groups is 1. The number of amides is 1. The van der Waals surface area contributed by atoms with Crippen molar-refractivity contribution in [3.63, 3.8) is 0 Å². The van der Waals surface area contributed by atoms with Crippen LogP contribution in [0.2, 0.25) is 0 Å². The van der Waals surface area contributed by atoms with Crippen molar-refractivity contribution in [1.82, 2.24) is 10.5 Å². The first kappa shape index (κ1) is 10.2. The van der Waals surface area contributed by atoms with Crippen LogP contribution in [0.4, 0.5) is 0 Å². The van der Waals surface area contributed by atoms with Gasteiger partial charge in [0.25, 0.3) is 0 Å². The van der Waals surface area contributed by atoms with E-state index in [1.807, 2.05) is 0 Å². The normalized spacial score (nSPS) is 19.7. The van der Waals surface area contributed by atoms with Gasteiger partial charge in [0.15, 0.2) is 0 Å². The standard InChI is InChI=1S/C10H14N2O3/c1-6(14)11-7-2-3-10-8(4-7)9(5-13)12-15-10/h7,13H,2-5H2,1H3,(H,11,14). The van der Waals surface area contributed by atoms with Crippen molar-refractivity contribution in [1.29, 1.82) is 0 Å². The Kier molecular flexibility index (Phi) is 2.73. The first-order valence-corrected chi connectivity index (χ1v) is 5.05. The first-order valence-electron chi connectivity index (χ1n) is 5.05. The molecule has 1 atom stereocenters. The van der Waals surface area contributed by atoms with Gasteiger partial charge in [-0.05, 0) is 12.8 Å². The fraction of sp³-hybridized carbons (Fsp3) is 0.600. The maximum atomic E-state index is 10.9. The summed E-state index contributed by atoms with van der Waals surface area (Å²) in [5, 5.41) is 15.7. The van der Waals surface area contributed by atoms with Gasteiger partial charge in [-0.25, -0.2) is 0 Å². The second kappa shape index (κ2) is 4.02. The highest BCUT2D eigenvalue weighted by Gasteiger charge is 2.25. The van der Waals surface area contributed by atoms with Crippen molar-refractivity contribution < 1.29 is 14.4 Å². The molecule has 1 aromatic heterocycles. The molecule has 0 saturated carbocycles. The summed E-state index contributed by atoms with van der Waals surface area (Å²) in [5.74, 6) is 0.825. The molecule has 0 bridgehead atoms. The second-order valence-corrected chi connectivity index (χ2v) is 3.83. The highest BCUT2D eigenvalue weighted by atomic mass is 16.5. The molecule has 1 aliphatic rings. The average molecular weight is 210 g/mol. The van der Waals surface area contributed by atoms with Crippen LogP contribution in [0.15, 0.2) is 4.52 Å². The molecule has 0 aliphatic heterocycles. The molecule has 2 N–H and O–H groups in total. The summed E-state index contributed by atoms with van der Waals surface area (Å²) in [4.78, 5) is 10.9. The number of hydrogen-bond donors (Lipinski definition) is 2. The largest absolute Gasteiger partial charge is 0.390 e. The summed E-state index contributed by atoms with van der Waals surface area (Å²) in [6, 6.07) is 0.139. The highest BCUT2D eigenvalue weighted by Crippen LogP contribution is 2.24. The minimum Gasteiger partial charge on any atom is -0.390 e. The number of aliphatic hydroxyl groups excluding tert-OH is 1. The smallest absolute Gasteiger partial charge is 0.217 e. The van der Waals surface area contributed by atoms with Gasteiger partial charge in [0, 0.05) is 24.9 Å². The third-order valence-electron chi connectivity index (χ3n) is 2.68. The SMILES string of the molecule is CC(=O)NC1CCc2onc(CO)c2C1. The minimum absolute atomic E-state index is 0.0227. The number of aryl methyl sites for hydroxylation is 1. The van der Waals surface area contributed by atoms with Gasteiger partial charge in [-0.2, -0.15) is 0 Å². The van der Waals surface area contributed by atoms with E-state index in [9.17, 15) is 4.79 Å². The summed E-state index contributed by atoms with van der Waals surface area (Å²) in [7, 11) is 0. The maximum absolute atomic E-state index is 10.9. The molecule has 15 heavy (non-hydrogen) atoms. The predicted octanol–water partition coefficient (Wildman–Crippen LogP) is 0.160. The third kappa shape index (κ3) is 2.02. The lowest BCUT2D eigenvalue weighted by Gasteiger charge is -2.21. The number of hydrogen-bond acceptors (Lipinski definition) is 4. The Morgan fingerprint density at radius 2 is 2.53 bits per heavy atom. The van der Waals surface area contributed by atoms with Crippen molar-refractivity contribution in [3.05, 3.63) is 17.0 Å². The Balaban J connectivity index is 2.13. The van der Waals surface area contributed by atoms with Gasteiger partial charge in [0.05, 0.1) is 6.61 Å². The van der Waals surface area contributed by atoms with E-state index in [4.69, 9.17) is 9.63 Å². The fourth-order valence-corrected chi connectivity index (χ4v) is 2.00. The first-order chi connectivity index (χ1) is 7.20. The lowest BCUT2D eigenvalue weighted by molar-refractivity contribution is -0.119. The Hall–Kier alpha value is -1.36. The van der Waals surface area contributed by atoms with Crippen LogP contribution in [-0.4, -0.2) is 22.2 Å². The van der Waals surface area contributed by atoms with Gasteiger partial charge in [-0.1, -0.05) is 5.16 Å². The monoisotopic (exact) mass is 210 g/mol. The van der Waals surface area contributed by atoms with Crippen LogP contribution in [0.25, 0.3) is 0 Å². The van der Waals surface area contributed by atoms with Gasteiger partial charge in [0.1, 0.15) is 11.5 Å². The maximum Gasteiger partial charge on any atom is 0.217 e. The van der Waals surface area contributed by atoms with E-state index in [2.05, 4.69) is 10.5 Å². The molecule has 1 amide bonds. The van der Waals surface area contributed by atoms with E-state index < -0.39 is 0 Å². The summed E-state index contributed by atoms with van der Waals surface area (Å²) in [6.45, 7) is 1.40. The van der Waals surface area contributed by atoms with Crippen molar-refractivity contribution >= 4 is 5.91 Å². The van der Waals surface area contributed by atoms with Crippen molar-refractivity contribution in [2.24, 2.45) is 0 Å². The topological polar surface area (TPSA) is 75.4 Å². The zero-order valence-corrected chi connectivity index (χ0v) is 8.62. The van der Waals surface area contributed by atoms with Crippen molar-refractivity contribution in [2.75, 3.05) is 0 Å². The zero-order chi connectivity index (χ0) is 10.8. The molecule has 1 aliphatic carbocycles. The molecule has 5 nitrogen and oxygen atoms in total. The molecular formula is C10H14N2O3. The quantitative estimate of drug-likeness (QED) is 0.729. The molecule has 0 aromatic carbocycles. The van der Waals surface area contributed by atoms with E-state index in [0.717, 1.165) is 24.2 Å². The Morgan fingerprint density at radius 1 is 1.73 bits per heavy atom. The molecule has 1 aromatic rings. The summed E-state index contributed by atoms with van der Waals surface area (Å²) in [6.07, 6.45) is 2.34. The van der Waals surface area contributed by atoms with Crippen LogP contribution in [0.5, 0.6) is 0 Å². The van der Waals surface area contributed by atoms with Crippen LogP contribution in [0, 0.1) is 0 Å². The van der Waals surface area contributed by atoms with Crippen LogP contribution in [0.1, 0.15) is 30.4 Å². The van der Waals surface area contributed by atoms with E-state index in [-0.39, 0.29) is 18.6 Å². The third-order valence-corrected chi connectivity index (χ3v) is 2.68. The van der Waals surface area contributed by atoms with Crippen LogP contribution >= 0.6 is 0 Å². The number of carbonyl (C=O) groups excluding carboxylic acids is 1. The van der Waals surface area contributed by atoms with E-state index in [0.29, 0.717) is 12.1 Å². The van der Waals surface area contributed by atoms with Gasteiger partial charge in [-0.3, -0.25) is 4.79 Å². The molecule has 0 spiro atoms. The summed E-state index contributed by atoms with van der Waals surface area (Å²) >= 11 is 0. The highest BCUT2D eigenvalue weighted by molar-refractivity contribution is 5.73. The number of aliphatic hydroxyl groups is 1. The number of nitrogens with one attached hydrogen (secondary N) is 1. The molecule has 0 fully saturated rings. The number of aromatic nitrogens is 1. The average Bonchev–Trinajstić information content (AvgIpc) is 2.59. The summed E-state index contributed by atoms with van der Waals surface area (Å²) in [5.41, 5.74) is 1.56. The fourth-order valence-electron chi connectivity index (χ4n) is 2.00. The van der Waals surface area contributed by atoms with Gasteiger partial charge < -0.3 is 14.9 Å². The van der Waals surface area contributed by atoms with Crippen LogP contribution in [0.3, 0.4) is 0 Å². The van der Waals surface area contributed by atoms with Gasteiger partial charge in [0.2, 0.25) is 5.91 Å². The molecule has 0 radical (unpaired) electrons.